The summed E-state index contributed by atoms with van der Waals surface area (Å²) in [6.07, 6.45) is 0. The van der Waals surface area contributed by atoms with E-state index in [2.05, 4.69) is 256 Å². The summed E-state index contributed by atoms with van der Waals surface area (Å²) in [5.74, 6) is 0. The molecule has 0 heterocycles. The third kappa shape index (κ3) is 6.17. The highest BCUT2D eigenvalue weighted by atomic mass is 15.1. The van der Waals surface area contributed by atoms with Crippen molar-refractivity contribution in [2.45, 2.75) is 38.5 Å². The van der Waals surface area contributed by atoms with Crippen molar-refractivity contribution < 1.29 is 0 Å². The minimum atomic E-state index is -0.0937. The number of para-hydroxylation sites is 2. The summed E-state index contributed by atoms with van der Waals surface area (Å²) in [5, 5.41) is 0. The van der Waals surface area contributed by atoms with E-state index >= 15 is 0 Å². The minimum absolute atomic E-state index is 0.0393. The topological polar surface area (TPSA) is 6.48 Å². The molecular weight excluding hydrogens is 749 g/mol. The summed E-state index contributed by atoms with van der Waals surface area (Å²) in [4.78, 5) is 4.76. The molecule has 0 aromatic heterocycles. The van der Waals surface area contributed by atoms with Crippen LogP contribution in [0.3, 0.4) is 0 Å². The molecule has 0 saturated carbocycles. The zero-order chi connectivity index (χ0) is 42.0. The Balaban J connectivity index is 0.948. The molecule has 0 unspecified atom stereocenters. The second-order valence-corrected chi connectivity index (χ2v) is 17.8. The highest BCUT2D eigenvalue weighted by Crippen LogP contribution is 2.52. The van der Waals surface area contributed by atoms with E-state index in [1.54, 1.807) is 0 Å². The fourth-order valence-electron chi connectivity index (χ4n) is 10.2. The fraction of sp³-hybridized carbons (Fsp3) is 0.100. The van der Waals surface area contributed by atoms with Gasteiger partial charge in [0, 0.05) is 45.0 Å². The van der Waals surface area contributed by atoms with Crippen LogP contribution in [0.5, 0.6) is 0 Å². The van der Waals surface area contributed by atoms with Gasteiger partial charge in [0.15, 0.2) is 0 Å². The van der Waals surface area contributed by atoms with Crippen LogP contribution in [-0.2, 0) is 10.8 Å². The molecule has 2 heteroatoms. The van der Waals surface area contributed by atoms with Gasteiger partial charge in [0.2, 0.25) is 0 Å². The lowest BCUT2D eigenvalue weighted by Crippen LogP contribution is -2.16. The predicted octanol–water partition coefficient (Wildman–Crippen LogP) is 16.6. The molecule has 2 aliphatic carbocycles. The lowest BCUT2D eigenvalue weighted by Gasteiger charge is -2.28. The van der Waals surface area contributed by atoms with E-state index in [1.807, 2.05) is 0 Å². The molecule has 9 aromatic carbocycles. The van der Waals surface area contributed by atoms with Gasteiger partial charge in [0.1, 0.15) is 0 Å². The number of hydrogen-bond acceptors (Lipinski definition) is 2. The Bertz CT molecular complexity index is 3120. The SMILES string of the molecule is CC1(C)c2ccccc2-c2ccc(-c3ccc(N(c4ccccc4)c4cccc(-c5cccc(N(c6ccccc6)c6ccc7c(c6)C(C)(C)c6ccccc6-7)c5)c4)cc3)cc21. The van der Waals surface area contributed by atoms with Crippen molar-refractivity contribution >= 4 is 34.1 Å². The smallest absolute Gasteiger partial charge is 0.0467 e. The Morgan fingerprint density at radius 2 is 0.597 bits per heavy atom. The normalized spacial score (nSPS) is 13.7. The first kappa shape index (κ1) is 37.6. The van der Waals surface area contributed by atoms with E-state index in [-0.39, 0.29) is 10.8 Å². The maximum Gasteiger partial charge on any atom is 0.0467 e. The van der Waals surface area contributed by atoms with Crippen molar-refractivity contribution in [2.24, 2.45) is 0 Å². The van der Waals surface area contributed by atoms with E-state index in [0.717, 1.165) is 45.3 Å². The van der Waals surface area contributed by atoms with Crippen LogP contribution in [0, 0.1) is 0 Å². The quantitative estimate of drug-likeness (QED) is 0.151. The van der Waals surface area contributed by atoms with E-state index in [9.17, 15) is 0 Å². The van der Waals surface area contributed by atoms with E-state index in [4.69, 9.17) is 0 Å². The molecule has 0 radical (unpaired) electrons. The summed E-state index contributed by atoms with van der Waals surface area (Å²) < 4.78 is 0. The van der Waals surface area contributed by atoms with Crippen molar-refractivity contribution in [2.75, 3.05) is 9.80 Å². The van der Waals surface area contributed by atoms with Gasteiger partial charge in [-0.3, -0.25) is 0 Å². The average molecular weight is 797 g/mol. The van der Waals surface area contributed by atoms with Crippen LogP contribution in [0.25, 0.3) is 44.5 Å². The van der Waals surface area contributed by atoms with Crippen LogP contribution in [0.2, 0.25) is 0 Å². The highest BCUT2D eigenvalue weighted by molar-refractivity contribution is 5.88. The van der Waals surface area contributed by atoms with Crippen LogP contribution < -0.4 is 9.80 Å². The molecule has 9 aromatic rings. The van der Waals surface area contributed by atoms with Crippen LogP contribution >= 0.6 is 0 Å². The third-order valence-corrected chi connectivity index (χ3v) is 13.4. The lowest BCUT2D eigenvalue weighted by molar-refractivity contribution is 0.660. The maximum absolute atomic E-state index is 2.41. The molecule has 298 valence electrons. The average Bonchev–Trinajstić information content (AvgIpc) is 3.69. The standard InChI is InChI=1S/C60H48N2/c1-59(2)55-27-13-11-25-51(55)53-35-31-44(39-57(53)59)41-29-32-47(33-30-41)61(45-19-7-5-8-20-45)48-23-15-17-42(37-48)43-18-16-24-49(38-43)62(46-21-9-6-10-22-46)50-34-36-54-52-26-12-14-28-56(52)60(3,4)58(54)40-50/h5-40H,1-4H3. The Hall–Kier alpha value is -7.42. The molecule has 0 fully saturated rings. The van der Waals surface area contributed by atoms with Crippen LogP contribution in [0.1, 0.15) is 49.9 Å². The molecule has 0 aliphatic heterocycles. The van der Waals surface area contributed by atoms with Gasteiger partial charge >= 0.3 is 0 Å². The number of nitrogens with zero attached hydrogens (tertiary/aromatic N) is 2. The largest absolute Gasteiger partial charge is 0.310 e. The number of fused-ring (bicyclic) bond motifs is 6. The summed E-state index contributed by atoms with van der Waals surface area (Å²) in [6, 6.07) is 80.1. The zero-order valence-corrected chi connectivity index (χ0v) is 35.7. The van der Waals surface area contributed by atoms with Gasteiger partial charge in [0.25, 0.3) is 0 Å². The maximum atomic E-state index is 2.41. The van der Waals surface area contributed by atoms with Crippen LogP contribution in [0.4, 0.5) is 34.1 Å². The van der Waals surface area contributed by atoms with Gasteiger partial charge in [-0.2, -0.15) is 0 Å². The molecule has 62 heavy (non-hydrogen) atoms. The first-order chi connectivity index (χ1) is 30.3. The Labute approximate surface area is 366 Å². The molecule has 0 spiro atoms. The Morgan fingerprint density at radius 1 is 0.242 bits per heavy atom. The third-order valence-electron chi connectivity index (χ3n) is 13.4. The number of hydrogen-bond donors (Lipinski definition) is 0. The second-order valence-electron chi connectivity index (χ2n) is 17.8. The van der Waals surface area contributed by atoms with Gasteiger partial charge in [-0.25, -0.2) is 0 Å². The Kier molecular flexibility index (Phi) is 8.87. The predicted molar refractivity (Wildman–Crippen MR) is 262 cm³/mol. The second kappa shape index (κ2) is 14.6. The molecule has 2 aliphatic rings. The van der Waals surface area contributed by atoms with Crippen molar-refractivity contribution in [3.8, 4) is 44.5 Å². The molecule has 2 nitrogen and oxygen atoms in total. The molecule has 11 rings (SSSR count). The number of benzene rings is 9. The van der Waals surface area contributed by atoms with Crippen molar-refractivity contribution in [1.29, 1.82) is 0 Å². The summed E-state index contributed by atoms with van der Waals surface area (Å²) >= 11 is 0. The summed E-state index contributed by atoms with van der Waals surface area (Å²) in [7, 11) is 0. The van der Waals surface area contributed by atoms with Crippen molar-refractivity contribution in [3.05, 3.63) is 241 Å². The van der Waals surface area contributed by atoms with Gasteiger partial charge in [-0.05, 0) is 146 Å². The monoisotopic (exact) mass is 796 g/mol. The van der Waals surface area contributed by atoms with Crippen molar-refractivity contribution in [1.82, 2.24) is 0 Å². The number of anilines is 6. The molecule has 0 saturated heterocycles. The first-order valence-corrected chi connectivity index (χ1v) is 21.8. The van der Waals surface area contributed by atoms with E-state index in [1.165, 1.54) is 55.6 Å². The molecule has 0 N–H and O–H groups in total. The van der Waals surface area contributed by atoms with Gasteiger partial charge < -0.3 is 9.80 Å². The lowest BCUT2D eigenvalue weighted by atomic mass is 9.81. The van der Waals surface area contributed by atoms with Crippen LogP contribution in [0.15, 0.2) is 218 Å². The zero-order valence-electron chi connectivity index (χ0n) is 35.7. The fourth-order valence-corrected chi connectivity index (χ4v) is 10.2. The molecular formula is C60H48N2. The molecule has 0 atom stereocenters. The molecule has 0 bridgehead atoms. The van der Waals surface area contributed by atoms with E-state index < -0.39 is 0 Å². The van der Waals surface area contributed by atoms with Gasteiger partial charge in [0.05, 0.1) is 0 Å². The van der Waals surface area contributed by atoms with Gasteiger partial charge in [-0.1, -0.05) is 167 Å². The molecule has 0 amide bonds. The van der Waals surface area contributed by atoms with Crippen LogP contribution in [-0.4, -0.2) is 0 Å². The summed E-state index contributed by atoms with van der Waals surface area (Å²) in [5.41, 5.74) is 22.2. The number of rotatable bonds is 8. The Morgan fingerprint density at radius 3 is 1.15 bits per heavy atom. The minimum Gasteiger partial charge on any atom is -0.310 e. The van der Waals surface area contributed by atoms with Gasteiger partial charge in [-0.15, -0.1) is 0 Å². The highest BCUT2D eigenvalue weighted by Gasteiger charge is 2.37. The van der Waals surface area contributed by atoms with E-state index in [0.29, 0.717) is 0 Å². The van der Waals surface area contributed by atoms with Crippen molar-refractivity contribution in [3.63, 3.8) is 0 Å². The summed E-state index contributed by atoms with van der Waals surface area (Å²) in [6.45, 7) is 9.39. The first-order valence-electron chi connectivity index (χ1n) is 21.8.